The normalized spacial score (nSPS) is 54.1. The van der Waals surface area contributed by atoms with E-state index in [9.17, 15) is 9.59 Å². The predicted molar refractivity (Wildman–Crippen MR) is 129 cm³/mol. The van der Waals surface area contributed by atoms with Crippen molar-refractivity contribution >= 4 is 12.1 Å². The Balaban J connectivity index is 1.56. The van der Waals surface area contributed by atoms with E-state index in [-0.39, 0.29) is 27.2 Å². The molecule has 0 saturated heterocycles. The van der Waals surface area contributed by atoms with Crippen LogP contribution in [0.4, 0.5) is 0 Å². The number of allylic oxidation sites excluding steroid dienone is 1. The van der Waals surface area contributed by atoms with Crippen LogP contribution >= 0.6 is 0 Å². The molecule has 0 aliphatic heterocycles. The standard InChI is InChI=1S/C29H45NO2/c1-18(2)19-9-14-28(17-31)15-16-29(30)20(24(19)28)7-8-22-26(5)12-11-23(32)25(3,4)21(26)10-13-27(22,29)6/h17,19-22,24H,1,7-16,30H2,2-6H3/t19-,20?,21?,22?,24?,26-,27+,28+,29-/m0/s1. The maximum atomic E-state index is 12.9. The van der Waals surface area contributed by atoms with Gasteiger partial charge in [-0.15, -0.1) is 0 Å². The van der Waals surface area contributed by atoms with Gasteiger partial charge >= 0.3 is 0 Å². The van der Waals surface area contributed by atoms with Crippen molar-refractivity contribution in [2.24, 2.45) is 57.0 Å². The van der Waals surface area contributed by atoms with Crippen molar-refractivity contribution in [1.29, 1.82) is 0 Å². The van der Waals surface area contributed by atoms with E-state index in [0.29, 0.717) is 35.4 Å². The molecule has 0 amide bonds. The molecule has 5 aliphatic rings. The molecular formula is C29H45NO2. The van der Waals surface area contributed by atoms with E-state index in [1.54, 1.807) is 0 Å². The van der Waals surface area contributed by atoms with E-state index in [4.69, 9.17) is 5.73 Å². The summed E-state index contributed by atoms with van der Waals surface area (Å²) in [5, 5.41) is 0. The fraction of sp³-hybridized carbons (Fsp3) is 0.862. The fourth-order valence-corrected chi connectivity index (χ4v) is 10.9. The monoisotopic (exact) mass is 439 g/mol. The molecule has 0 aromatic carbocycles. The number of carbonyl (C=O) groups is 2. The second-order valence-electron chi connectivity index (χ2n) is 13.8. The van der Waals surface area contributed by atoms with E-state index >= 15 is 0 Å². The average Bonchev–Trinajstić information content (AvgIpc) is 3.12. The van der Waals surface area contributed by atoms with Crippen molar-refractivity contribution in [2.75, 3.05) is 0 Å². The Morgan fingerprint density at radius 1 is 0.969 bits per heavy atom. The third kappa shape index (κ3) is 2.53. The number of rotatable bonds is 2. The lowest BCUT2D eigenvalue weighted by Gasteiger charge is -2.71. The van der Waals surface area contributed by atoms with Crippen LogP contribution in [0.15, 0.2) is 12.2 Å². The molecule has 5 saturated carbocycles. The van der Waals surface area contributed by atoms with Gasteiger partial charge in [-0.25, -0.2) is 0 Å². The summed E-state index contributed by atoms with van der Waals surface area (Å²) in [4.78, 5) is 25.4. The number of aldehydes is 1. The van der Waals surface area contributed by atoms with Gasteiger partial charge in [0.25, 0.3) is 0 Å². The van der Waals surface area contributed by atoms with Gasteiger partial charge in [-0.1, -0.05) is 39.8 Å². The lowest BCUT2D eigenvalue weighted by Crippen LogP contribution is -2.73. The minimum atomic E-state index is -0.220. The molecule has 0 heterocycles. The van der Waals surface area contributed by atoms with Crippen LogP contribution in [0, 0.1) is 51.2 Å². The Bertz CT molecular complexity index is 861. The highest BCUT2D eigenvalue weighted by molar-refractivity contribution is 5.85. The largest absolute Gasteiger partial charge is 0.324 e. The van der Waals surface area contributed by atoms with Gasteiger partial charge in [0.1, 0.15) is 12.1 Å². The molecule has 5 fully saturated rings. The van der Waals surface area contributed by atoms with Crippen LogP contribution in [0.1, 0.15) is 98.8 Å². The highest BCUT2D eigenvalue weighted by Gasteiger charge is 2.71. The van der Waals surface area contributed by atoms with Gasteiger partial charge in [-0.2, -0.15) is 0 Å². The van der Waals surface area contributed by atoms with E-state index in [2.05, 4.69) is 41.2 Å². The third-order valence-corrected chi connectivity index (χ3v) is 12.6. The first-order valence-corrected chi connectivity index (χ1v) is 13.3. The van der Waals surface area contributed by atoms with E-state index in [1.165, 1.54) is 18.3 Å². The average molecular weight is 440 g/mol. The zero-order valence-electron chi connectivity index (χ0n) is 21.1. The summed E-state index contributed by atoms with van der Waals surface area (Å²) in [7, 11) is 0. The molecule has 32 heavy (non-hydrogen) atoms. The van der Waals surface area contributed by atoms with Crippen molar-refractivity contribution in [3.63, 3.8) is 0 Å². The van der Waals surface area contributed by atoms with Gasteiger partial charge in [0, 0.05) is 22.8 Å². The van der Waals surface area contributed by atoms with E-state index in [0.717, 1.165) is 57.8 Å². The molecule has 2 N–H and O–H groups in total. The van der Waals surface area contributed by atoms with Crippen molar-refractivity contribution in [1.82, 2.24) is 0 Å². The molecule has 5 aliphatic carbocycles. The number of Topliss-reactive ketones (excluding diaryl/α,β-unsaturated/α-hetero) is 1. The Labute approximate surface area is 195 Å². The maximum absolute atomic E-state index is 12.9. The summed E-state index contributed by atoms with van der Waals surface area (Å²) in [6, 6.07) is 0. The van der Waals surface area contributed by atoms with Crippen LogP contribution < -0.4 is 5.73 Å². The zero-order valence-corrected chi connectivity index (χ0v) is 21.1. The Hall–Kier alpha value is -0.960. The summed E-state index contributed by atoms with van der Waals surface area (Å²) in [6.07, 6.45) is 11.7. The lowest BCUT2D eigenvalue weighted by molar-refractivity contribution is -0.204. The zero-order chi connectivity index (χ0) is 23.3. The summed E-state index contributed by atoms with van der Waals surface area (Å²) in [5.41, 5.74) is 8.54. The van der Waals surface area contributed by atoms with Gasteiger partial charge < -0.3 is 10.5 Å². The second-order valence-corrected chi connectivity index (χ2v) is 13.8. The molecule has 0 aromatic rings. The van der Waals surface area contributed by atoms with Crippen molar-refractivity contribution in [3.8, 4) is 0 Å². The number of hydrogen-bond acceptors (Lipinski definition) is 3. The smallest absolute Gasteiger partial charge is 0.138 e. The van der Waals surface area contributed by atoms with Crippen molar-refractivity contribution in [3.05, 3.63) is 12.2 Å². The Morgan fingerprint density at radius 2 is 1.69 bits per heavy atom. The van der Waals surface area contributed by atoms with E-state index < -0.39 is 0 Å². The first kappa shape index (κ1) is 22.8. The molecule has 0 bridgehead atoms. The summed E-state index contributed by atoms with van der Waals surface area (Å²) in [6.45, 7) is 15.9. The number of hydrogen-bond donors (Lipinski definition) is 1. The molecule has 178 valence electrons. The molecule has 0 spiro atoms. The SMILES string of the molecule is C=C(C)[C@@H]1CC[C@]2(C=O)CC[C@]3(N)C(CCC4[C@@]5(C)CCC(=O)C(C)(C)C5CC[C@]43C)C12. The number of nitrogens with two attached hydrogens (primary N) is 1. The molecule has 3 nitrogen and oxygen atoms in total. The van der Waals surface area contributed by atoms with Gasteiger partial charge in [0.2, 0.25) is 0 Å². The second kappa shape index (κ2) is 6.80. The summed E-state index contributed by atoms with van der Waals surface area (Å²) >= 11 is 0. The quantitative estimate of drug-likeness (QED) is 0.417. The molecule has 4 unspecified atom stereocenters. The molecule has 5 rings (SSSR count). The first-order chi connectivity index (χ1) is 14.9. The van der Waals surface area contributed by atoms with E-state index in [1.807, 2.05) is 0 Å². The van der Waals surface area contributed by atoms with Gasteiger partial charge in [-0.3, -0.25) is 4.79 Å². The summed E-state index contributed by atoms with van der Waals surface area (Å²) in [5.74, 6) is 2.70. The number of ketones is 1. The highest BCUT2D eigenvalue weighted by Crippen LogP contribution is 2.73. The fourth-order valence-electron chi connectivity index (χ4n) is 10.9. The first-order valence-electron chi connectivity index (χ1n) is 13.3. The Kier molecular flexibility index (Phi) is 4.85. The topological polar surface area (TPSA) is 60.2 Å². The third-order valence-electron chi connectivity index (χ3n) is 12.6. The highest BCUT2D eigenvalue weighted by atomic mass is 16.1. The minimum Gasteiger partial charge on any atom is -0.324 e. The molecular weight excluding hydrogens is 394 g/mol. The van der Waals surface area contributed by atoms with Gasteiger partial charge in [-0.05, 0) is 105 Å². The van der Waals surface area contributed by atoms with Crippen LogP contribution in [-0.2, 0) is 9.59 Å². The van der Waals surface area contributed by atoms with Crippen LogP contribution in [0.3, 0.4) is 0 Å². The molecule has 9 atom stereocenters. The predicted octanol–water partition coefficient (Wildman–Crippen LogP) is 6.10. The van der Waals surface area contributed by atoms with Gasteiger partial charge in [0.05, 0.1) is 0 Å². The number of carbonyl (C=O) groups excluding carboxylic acids is 2. The molecule has 3 heteroatoms. The Morgan fingerprint density at radius 3 is 2.34 bits per heavy atom. The van der Waals surface area contributed by atoms with Crippen LogP contribution in [0.25, 0.3) is 0 Å². The van der Waals surface area contributed by atoms with Gasteiger partial charge in [0.15, 0.2) is 0 Å². The van der Waals surface area contributed by atoms with Crippen LogP contribution in [0.5, 0.6) is 0 Å². The van der Waals surface area contributed by atoms with Crippen LogP contribution in [0.2, 0.25) is 0 Å². The molecule has 0 aromatic heterocycles. The maximum Gasteiger partial charge on any atom is 0.138 e. The van der Waals surface area contributed by atoms with Crippen molar-refractivity contribution in [2.45, 2.75) is 104 Å². The lowest BCUT2D eigenvalue weighted by atomic mass is 9.34. The number of fused-ring (bicyclic) bond motifs is 7. The summed E-state index contributed by atoms with van der Waals surface area (Å²) < 4.78 is 0. The van der Waals surface area contributed by atoms with Crippen LogP contribution in [-0.4, -0.2) is 17.6 Å². The minimum absolute atomic E-state index is 0.0783. The molecule has 0 radical (unpaired) electrons. The van der Waals surface area contributed by atoms with Crippen molar-refractivity contribution < 1.29 is 9.59 Å².